The number of hydrogen-bond acceptors (Lipinski definition) is 6. The quantitative estimate of drug-likeness (QED) is 0.538. The number of hydrogen-bond donors (Lipinski definition) is 0. The lowest BCUT2D eigenvalue weighted by atomic mass is 9.94. The van der Waals surface area contributed by atoms with Crippen molar-refractivity contribution in [3.63, 3.8) is 0 Å². The van der Waals surface area contributed by atoms with Gasteiger partial charge in [-0.1, -0.05) is 11.6 Å². The summed E-state index contributed by atoms with van der Waals surface area (Å²) in [4.78, 5) is 26.4. The number of aromatic nitrogens is 2. The summed E-state index contributed by atoms with van der Waals surface area (Å²) in [5, 5.41) is 4.77. The number of likely N-dealkylation sites (tertiary alicyclic amines) is 1. The van der Waals surface area contributed by atoms with Gasteiger partial charge in [-0.05, 0) is 46.5 Å². The largest absolute Gasteiger partial charge is 0.446 e. The smallest absolute Gasteiger partial charge is 0.410 e. The molecule has 0 N–H and O–H groups in total. The summed E-state index contributed by atoms with van der Waals surface area (Å²) < 4.78 is 17.8. The van der Waals surface area contributed by atoms with Gasteiger partial charge in [0.25, 0.3) is 0 Å². The molecule has 29 heavy (non-hydrogen) atoms. The first-order chi connectivity index (χ1) is 13.8. The zero-order valence-electron chi connectivity index (χ0n) is 17.4. The van der Waals surface area contributed by atoms with Crippen molar-refractivity contribution in [3.05, 3.63) is 17.5 Å². The molecule has 0 aliphatic carbocycles. The van der Waals surface area contributed by atoms with Crippen LogP contribution in [-0.4, -0.2) is 64.7 Å². The van der Waals surface area contributed by atoms with Gasteiger partial charge in [0.05, 0.1) is 11.7 Å². The van der Waals surface area contributed by atoms with Crippen molar-refractivity contribution >= 4 is 23.7 Å². The van der Waals surface area contributed by atoms with Gasteiger partial charge >= 0.3 is 12.1 Å². The number of rotatable bonds is 4. The summed E-state index contributed by atoms with van der Waals surface area (Å²) in [5.74, 6) is -0.274. The lowest BCUT2D eigenvalue weighted by molar-refractivity contribution is 0.0184. The standard InChI is InChI=1S/C20H30ClN3O5/c1-20(2,3)29-19(26)23-8-4-15(5-9-23)24-12-16(18(25)28-13-21)17(22-24)14-6-10-27-11-7-14/h12,14-15H,4-11,13H2,1-3H3. The summed E-state index contributed by atoms with van der Waals surface area (Å²) >= 11 is 5.59. The molecule has 0 aromatic carbocycles. The van der Waals surface area contributed by atoms with E-state index in [9.17, 15) is 9.59 Å². The third-order valence-corrected chi connectivity index (χ3v) is 5.37. The van der Waals surface area contributed by atoms with Crippen LogP contribution in [0.4, 0.5) is 4.79 Å². The highest BCUT2D eigenvalue weighted by atomic mass is 35.5. The Balaban J connectivity index is 1.71. The predicted molar refractivity (Wildman–Crippen MR) is 107 cm³/mol. The van der Waals surface area contributed by atoms with Crippen LogP contribution in [0.1, 0.15) is 74.5 Å². The molecule has 2 aliphatic rings. The molecule has 0 spiro atoms. The summed E-state index contributed by atoms with van der Waals surface area (Å²) in [6.45, 7) is 8.09. The van der Waals surface area contributed by atoms with Crippen molar-refractivity contribution in [2.75, 3.05) is 32.4 Å². The minimum Gasteiger partial charge on any atom is -0.446 e. The van der Waals surface area contributed by atoms with E-state index in [-0.39, 0.29) is 24.1 Å². The second kappa shape index (κ2) is 9.34. The third-order valence-electron chi connectivity index (χ3n) is 5.26. The Labute approximate surface area is 176 Å². The summed E-state index contributed by atoms with van der Waals surface area (Å²) in [5.41, 5.74) is 0.733. The van der Waals surface area contributed by atoms with Crippen LogP contribution in [0.5, 0.6) is 0 Å². The lowest BCUT2D eigenvalue weighted by Crippen LogP contribution is -2.42. The van der Waals surface area contributed by atoms with Gasteiger partial charge in [0.15, 0.2) is 6.07 Å². The normalized spacial score (nSPS) is 19.2. The highest BCUT2D eigenvalue weighted by molar-refractivity contribution is 6.17. The van der Waals surface area contributed by atoms with Crippen molar-refractivity contribution in [2.24, 2.45) is 0 Å². The molecule has 0 atom stereocenters. The van der Waals surface area contributed by atoms with Gasteiger partial charge in [-0.25, -0.2) is 9.59 Å². The first kappa shape index (κ1) is 21.9. The van der Waals surface area contributed by atoms with Gasteiger partial charge in [-0.15, -0.1) is 0 Å². The number of ether oxygens (including phenoxy) is 3. The molecule has 0 radical (unpaired) electrons. The zero-order chi connectivity index (χ0) is 21.0. The molecule has 1 aromatic rings. The van der Waals surface area contributed by atoms with E-state index < -0.39 is 11.6 Å². The Bertz CT molecular complexity index is 716. The number of alkyl halides is 1. The molecule has 2 saturated heterocycles. The fourth-order valence-electron chi connectivity index (χ4n) is 3.79. The van der Waals surface area contributed by atoms with Crippen LogP contribution in [0.25, 0.3) is 0 Å². The lowest BCUT2D eigenvalue weighted by Gasteiger charge is -2.33. The van der Waals surface area contributed by atoms with E-state index in [0.717, 1.165) is 31.4 Å². The summed E-state index contributed by atoms with van der Waals surface area (Å²) in [6, 6.07) is -0.0734. The van der Waals surface area contributed by atoms with Crippen molar-refractivity contribution in [1.82, 2.24) is 14.7 Å². The van der Waals surface area contributed by atoms with Crippen LogP contribution in [0.3, 0.4) is 0 Å². The second-order valence-corrected chi connectivity index (χ2v) is 8.75. The van der Waals surface area contributed by atoms with Crippen molar-refractivity contribution in [2.45, 2.75) is 64.0 Å². The van der Waals surface area contributed by atoms with E-state index in [0.29, 0.717) is 31.9 Å². The number of carbonyl (C=O) groups excluding carboxylic acids is 2. The Hall–Kier alpha value is -1.80. The van der Waals surface area contributed by atoms with Gasteiger partial charge in [0.2, 0.25) is 0 Å². The number of piperidine rings is 1. The molecule has 1 aromatic heterocycles. The maximum Gasteiger partial charge on any atom is 0.410 e. The summed E-state index contributed by atoms with van der Waals surface area (Å²) in [7, 11) is 0. The molecule has 0 bridgehead atoms. The highest BCUT2D eigenvalue weighted by Gasteiger charge is 2.31. The number of amides is 1. The first-order valence-electron chi connectivity index (χ1n) is 10.2. The van der Waals surface area contributed by atoms with E-state index in [1.165, 1.54) is 0 Å². The van der Waals surface area contributed by atoms with Gasteiger partial charge < -0.3 is 19.1 Å². The van der Waals surface area contributed by atoms with E-state index in [1.807, 2.05) is 25.5 Å². The molecule has 3 rings (SSSR count). The third kappa shape index (κ3) is 5.63. The molecule has 9 heteroatoms. The molecule has 8 nitrogen and oxygen atoms in total. The van der Waals surface area contributed by atoms with Crippen molar-refractivity contribution < 1.29 is 23.8 Å². The number of carbonyl (C=O) groups is 2. The number of esters is 1. The van der Waals surface area contributed by atoms with E-state index in [1.54, 1.807) is 11.1 Å². The molecule has 162 valence electrons. The maximum atomic E-state index is 12.4. The van der Waals surface area contributed by atoms with Crippen molar-refractivity contribution in [3.8, 4) is 0 Å². The van der Waals surface area contributed by atoms with Crippen molar-refractivity contribution in [1.29, 1.82) is 0 Å². The molecule has 3 heterocycles. The molecule has 2 fully saturated rings. The predicted octanol–water partition coefficient (Wildman–Crippen LogP) is 3.70. The zero-order valence-corrected chi connectivity index (χ0v) is 18.1. The van der Waals surface area contributed by atoms with E-state index in [2.05, 4.69) is 0 Å². The first-order valence-corrected chi connectivity index (χ1v) is 10.7. The Morgan fingerprint density at radius 3 is 2.45 bits per heavy atom. The Morgan fingerprint density at radius 2 is 1.86 bits per heavy atom. The van der Waals surface area contributed by atoms with E-state index >= 15 is 0 Å². The van der Waals surface area contributed by atoms with Gasteiger partial charge in [0, 0.05) is 38.4 Å². The van der Waals surface area contributed by atoms with Gasteiger partial charge in [-0.2, -0.15) is 5.10 Å². The van der Waals surface area contributed by atoms with Gasteiger partial charge in [0.1, 0.15) is 11.2 Å². The minimum absolute atomic E-state index is 0.116. The fourth-order valence-corrected chi connectivity index (χ4v) is 3.89. The average molecular weight is 428 g/mol. The van der Waals surface area contributed by atoms with Crippen LogP contribution < -0.4 is 0 Å². The van der Waals surface area contributed by atoms with Crippen LogP contribution in [0, 0.1) is 0 Å². The number of nitrogens with zero attached hydrogens (tertiary/aromatic N) is 3. The maximum absolute atomic E-state index is 12.4. The molecule has 0 saturated carbocycles. The van der Waals surface area contributed by atoms with Gasteiger partial charge in [-0.3, -0.25) is 4.68 Å². The molecular weight excluding hydrogens is 398 g/mol. The van der Waals surface area contributed by atoms with E-state index in [4.69, 9.17) is 30.9 Å². The van der Waals surface area contributed by atoms with Crippen LogP contribution in [0.15, 0.2) is 6.20 Å². The molecule has 2 aliphatic heterocycles. The molecule has 1 amide bonds. The SMILES string of the molecule is CC(C)(C)OC(=O)N1CCC(n2cc(C(=O)OCCl)c(C3CCOCC3)n2)CC1. The molecule has 0 unspecified atom stereocenters. The molecular formula is C20H30ClN3O5. The highest BCUT2D eigenvalue weighted by Crippen LogP contribution is 2.31. The van der Waals surface area contributed by atoms with Crippen LogP contribution in [0.2, 0.25) is 0 Å². The number of halogens is 1. The van der Waals surface area contributed by atoms with Crippen LogP contribution in [-0.2, 0) is 14.2 Å². The Morgan fingerprint density at radius 1 is 1.21 bits per heavy atom. The average Bonchev–Trinajstić information content (AvgIpc) is 3.13. The Kier molecular flexibility index (Phi) is 7.05. The topological polar surface area (TPSA) is 82.9 Å². The summed E-state index contributed by atoms with van der Waals surface area (Å²) in [6.07, 6.45) is 4.64. The monoisotopic (exact) mass is 427 g/mol. The minimum atomic E-state index is -0.508. The fraction of sp³-hybridized carbons (Fsp3) is 0.750. The second-order valence-electron chi connectivity index (χ2n) is 8.53. The van der Waals surface area contributed by atoms with Crippen LogP contribution >= 0.6 is 11.6 Å².